The van der Waals surface area contributed by atoms with Crippen LogP contribution in [0.15, 0.2) is 24.5 Å². The van der Waals surface area contributed by atoms with Crippen molar-refractivity contribution in [2.24, 2.45) is 0 Å². The van der Waals surface area contributed by atoms with E-state index in [0.717, 1.165) is 36.7 Å². The van der Waals surface area contributed by atoms with E-state index in [9.17, 15) is 4.79 Å². The fraction of sp³-hybridized carbons (Fsp3) is 0.333. The minimum atomic E-state index is -0.407. The molecule has 1 aromatic carbocycles. The SMILES string of the molecule is COC(=O)c1cc(N2CCn3ccnc3C2)cc(C)c1N. The van der Waals surface area contributed by atoms with Crippen molar-refractivity contribution in [1.82, 2.24) is 9.55 Å². The molecule has 2 aromatic rings. The molecule has 2 heterocycles. The normalized spacial score (nSPS) is 13.9. The first kappa shape index (κ1) is 13.5. The monoisotopic (exact) mass is 286 g/mol. The van der Waals surface area contributed by atoms with Gasteiger partial charge in [0.15, 0.2) is 0 Å². The molecule has 0 fully saturated rings. The number of imidazole rings is 1. The number of aryl methyl sites for hydroxylation is 1. The van der Waals surface area contributed by atoms with Gasteiger partial charge in [0.25, 0.3) is 0 Å². The lowest BCUT2D eigenvalue weighted by molar-refractivity contribution is 0.0602. The number of ether oxygens (including phenoxy) is 1. The second kappa shape index (κ2) is 5.12. The summed E-state index contributed by atoms with van der Waals surface area (Å²) in [6, 6.07) is 3.80. The van der Waals surface area contributed by atoms with E-state index in [0.29, 0.717) is 11.3 Å². The van der Waals surface area contributed by atoms with Crippen molar-refractivity contribution in [2.75, 3.05) is 24.3 Å². The highest BCUT2D eigenvalue weighted by molar-refractivity contribution is 5.97. The molecule has 3 rings (SSSR count). The first-order valence-corrected chi connectivity index (χ1v) is 6.83. The number of methoxy groups -OCH3 is 1. The van der Waals surface area contributed by atoms with Gasteiger partial charge in [-0.15, -0.1) is 0 Å². The molecule has 21 heavy (non-hydrogen) atoms. The lowest BCUT2D eigenvalue weighted by Crippen LogP contribution is -2.33. The molecule has 0 amide bonds. The van der Waals surface area contributed by atoms with Gasteiger partial charge in [-0.3, -0.25) is 0 Å². The van der Waals surface area contributed by atoms with E-state index >= 15 is 0 Å². The number of fused-ring (bicyclic) bond motifs is 1. The van der Waals surface area contributed by atoms with Gasteiger partial charge in [-0.2, -0.15) is 0 Å². The number of hydrogen-bond donors (Lipinski definition) is 1. The van der Waals surface area contributed by atoms with E-state index in [2.05, 4.69) is 14.5 Å². The summed E-state index contributed by atoms with van der Waals surface area (Å²) < 4.78 is 6.95. The molecule has 110 valence electrons. The van der Waals surface area contributed by atoms with Gasteiger partial charge in [-0.25, -0.2) is 9.78 Å². The van der Waals surface area contributed by atoms with Crippen molar-refractivity contribution >= 4 is 17.3 Å². The van der Waals surface area contributed by atoms with Crippen LogP contribution in [0.1, 0.15) is 21.7 Å². The Hall–Kier alpha value is -2.50. The van der Waals surface area contributed by atoms with Gasteiger partial charge in [0.05, 0.1) is 19.2 Å². The molecule has 0 aliphatic carbocycles. The number of nitrogen functional groups attached to an aromatic ring is 1. The number of nitrogens with zero attached hydrogens (tertiary/aromatic N) is 3. The fourth-order valence-electron chi connectivity index (χ4n) is 2.63. The van der Waals surface area contributed by atoms with Crippen molar-refractivity contribution in [3.63, 3.8) is 0 Å². The average Bonchev–Trinajstić information content (AvgIpc) is 2.96. The molecular formula is C15H18N4O2. The van der Waals surface area contributed by atoms with Gasteiger partial charge in [0.1, 0.15) is 5.82 Å². The Labute approximate surface area is 123 Å². The lowest BCUT2D eigenvalue weighted by atomic mass is 10.1. The van der Waals surface area contributed by atoms with E-state index in [1.54, 1.807) is 6.07 Å². The molecule has 6 nitrogen and oxygen atoms in total. The summed E-state index contributed by atoms with van der Waals surface area (Å²) >= 11 is 0. The minimum absolute atomic E-state index is 0.407. The molecule has 0 spiro atoms. The molecule has 0 radical (unpaired) electrons. The quantitative estimate of drug-likeness (QED) is 0.670. The highest BCUT2D eigenvalue weighted by Gasteiger charge is 2.20. The summed E-state index contributed by atoms with van der Waals surface area (Å²) in [6.07, 6.45) is 3.80. The Balaban J connectivity index is 1.96. The molecule has 0 atom stereocenters. The van der Waals surface area contributed by atoms with Gasteiger partial charge in [0.2, 0.25) is 0 Å². The standard InChI is InChI=1S/C15H18N4O2/c1-10-7-11(8-12(14(10)16)15(20)21-2)19-6-5-18-4-3-17-13(18)9-19/h3-4,7-8H,5-6,9,16H2,1-2H3. The van der Waals surface area contributed by atoms with Crippen LogP contribution < -0.4 is 10.6 Å². The number of nitrogens with two attached hydrogens (primary N) is 1. The number of anilines is 2. The van der Waals surface area contributed by atoms with Crippen LogP contribution in [0.5, 0.6) is 0 Å². The Kier molecular flexibility index (Phi) is 3.29. The van der Waals surface area contributed by atoms with Gasteiger partial charge in [-0.1, -0.05) is 0 Å². The second-order valence-corrected chi connectivity index (χ2v) is 5.17. The smallest absolute Gasteiger partial charge is 0.340 e. The second-order valence-electron chi connectivity index (χ2n) is 5.17. The van der Waals surface area contributed by atoms with Gasteiger partial charge >= 0.3 is 5.97 Å². The maximum absolute atomic E-state index is 11.8. The van der Waals surface area contributed by atoms with Crippen LogP contribution in [-0.4, -0.2) is 29.2 Å². The van der Waals surface area contributed by atoms with Crippen LogP contribution in [0, 0.1) is 6.92 Å². The van der Waals surface area contributed by atoms with Crippen LogP contribution in [-0.2, 0) is 17.8 Å². The molecule has 1 aromatic heterocycles. The van der Waals surface area contributed by atoms with E-state index in [-0.39, 0.29) is 0 Å². The Bertz CT molecular complexity index is 693. The molecule has 1 aliphatic rings. The summed E-state index contributed by atoms with van der Waals surface area (Å²) in [5.74, 6) is 0.617. The van der Waals surface area contributed by atoms with E-state index < -0.39 is 5.97 Å². The largest absolute Gasteiger partial charge is 0.465 e. The summed E-state index contributed by atoms with van der Waals surface area (Å²) in [5, 5.41) is 0. The van der Waals surface area contributed by atoms with E-state index in [1.807, 2.05) is 25.4 Å². The third-order valence-electron chi connectivity index (χ3n) is 3.89. The zero-order valence-electron chi connectivity index (χ0n) is 12.2. The first-order valence-electron chi connectivity index (χ1n) is 6.83. The van der Waals surface area contributed by atoms with Crippen molar-refractivity contribution in [1.29, 1.82) is 0 Å². The van der Waals surface area contributed by atoms with Crippen LogP contribution >= 0.6 is 0 Å². The third kappa shape index (κ3) is 2.33. The number of carbonyl (C=O) groups is 1. The molecule has 0 saturated heterocycles. The number of aromatic nitrogens is 2. The number of esters is 1. The molecule has 0 unspecified atom stereocenters. The molecule has 0 saturated carbocycles. The Morgan fingerprint density at radius 2 is 2.19 bits per heavy atom. The number of benzene rings is 1. The van der Waals surface area contributed by atoms with Crippen LogP contribution in [0.2, 0.25) is 0 Å². The fourth-order valence-corrected chi connectivity index (χ4v) is 2.63. The predicted molar refractivity (Wildman–Crippen MR) is 80.2 cm³/mol. The Morgan fingerprint density at radius 1 is 1.38 bits per heavy atom. The summed E-state index contributed by atoms with van der Waals surface area (Å²) in [5.41, 5.74) is 8.72. The van der Waals surface area contributed by atoms with Crippen molar-refractivity contribution in [2.45, 2.75) is 20.0 Å². The number of rotatable bonds is 2. The number of carbonyl (C=O) groups excluding carboxylic acids is 1. The van der Waals surface area contributed by atoms with Crippen LogP contribution in [0.4, 0.5) is 11.4 Å². The molecule has 6 heteroatoms. The zero-order chi connectivity index (χ0) is 15.0. The maximum Gasteiger partial charge on any atom is 0.340 e. The van der Waals surface area contributed by atoms with Crippen LogP contribution in [0.25, 0.3) is 0 Å². The van der Waals surface area contributed by atoms with Crippen molar-refractivity contribution in [3.05, 3.63) is 41.5 Å². The summed E-state index contributed by atoms with van der Waals surface area (Å²) in [4.78, 5) is 18.4. The predicted octanol–water partition coefficient (Wildman–Crippen LogP) is 1.58. The maximum atomic E-state index is 11.8. The molecule has 0 bridgehead atoms. The highest BCUT2D eigenvalue weighted by atomic mass is 16.5. The van der Waals surface area contributed by atoms with Crippen LogP contribution in [0.3, 0.4) is 0 Å². The summed E-state index contributed by atoms with van der Waals surface area (Å²) in [6.45, 7) is 4.37. The van der Waals surface area contributed by atoms with Crippen molar-refractivity contribution in [3.8, 4) is 0 Å². The van der Waals surface area contributed by atoms with E-state index in [4.69, 9.17) is 10.5 Å². The van der Waals surface area contributed by atoms with E-state index in [1.165, 1.54) is 7.11 Å². The molecule has 1 aliphatic heterocycles. The summed E-state index contributed by atoms with van der Waals surface area (Å²) in [7, 11) is 1.36. The Morgan fingerprint density at radius 3 is 2.95 bits per heavy atom. The van der Waals surface area contributed by atoms with Crippen molar-refractivity contribution < 1.29 is 9.53 Å². The molecular weight excluding hydrogens is 268 g/mol. The molecule has 2 N–H and O–H groups in total. The van der Waals surface area contributed by atoms with Gasteiger partial charge in [0, 0.05) is 36.9 Å². The first-order chi connectivity index (χ1) is 10.1. The third-order valence-corrected chi connectivity index (χ3v) is 3.89. The van der Waals surface area contributed by atoms with Gasteiger partial charge < -0.3 is 19.9 Å². The van der Waals surface area contributed by atoms with Gasteiger partial charge in [-0.05, 0) is 24.6 Å². The minimum Gasteiger partial charge on any atom is -0.465 e. The lowest BCUT2D eigenvalue weighted by Gasteiger charge is -2.30. The average molecular weight is 286 g/mol. The number of hydrogen-bond acceptors (Lipinski definition) is 5. The zero-order valence-corrected chi connectivity index (χ0v) is 12.2. The topological polar surface area (TPSA) is 73.4 Å². The highest BCUT2D eigenvalue weighted by Crippen LogP contribution is 2.28.